The molecule has 6 nitrogen and oxygen atoms in total. The first-order chi connectivity index (χ1) is 18.9. The number of carboxylic acid groups (broad SMARTS) is 1. The zero-order valence-corrected chi connectivity index (χ0v) is 23.7. The van der Waals surface area contributed by atoms with Gasteiger partial charge in [0.2, 0.25) is 0 Å². The number of halogens is 2. The molecule has 1 spiro atoms. The second-order valence-corrected chi connectivity index (χ2v) is 11.9. The molecule has 1 N–H and O–H groups in total. The molecule has 1 atom stereocenters. The minimum Gasteiger partial charge on any atom is -0.481 e. The molecule has 1 unspecified atom stereocenters. The van der Waals surface area contributed by atoms with E-state index in [1.807, 2.05) is 19.1 Å². The van der Waals surface area contributed by atoms with E-state index in [1.54, 1.807) is 17.0 Å². The van der Waals surface area contributed by atoms with Crippen LogP contribution in [0.1, 0.15) is 107 Å². The van der Waals surface area contributed by atoms with Gasteiger partial charge in [0.15, 0.2) is 5.78 Å². The van der Waals surface area contributed by atoms with Crippen LogP contribution in [0.2, 0.25) is 0 Å². The van der Waals surface area contributed by atoms with Gasteiger partial charge >= 0.3 is 5.97 Å². The highest BCUT2D eigenvalue weighted by molar-refractivity contribution is 6.46. The molecule has 4 rings (SSSR count). The zero-order chi connectivity index (χ0) is 29.2. The van der Waals surface area contributed by atoms with E-state index in [1.165, 1.54) is 0 Å². The van der Waals surface area contributed by atoms with Gasteiger partial charge in [0.05, 0.1) is 6.04 Å². The Morgan fingerprint density at radius 1 is 1.07 bits per heavy atom. The average Bonchev–Trinajstić information content (AvgIpc) is 3.19. The first kappa shape index (κ1) is 29.6. The van der Waals surface area contributed by atoms with E-state index in [-0.39, 0.29) is 47.6 Å². The van der Waals surface area contributed by atoms with Gasteiger partial charge in [0.1, 0.15) is 23.0 Å². The topological polar surface area (TPSA) is 87.0 Å². The Hall–Kier alpha value is -3.42. The summed E-state index contributed by atoms with van der Waals surface area (Å²) in [4.78, 5) is 43.9. The fraction of sp³-hybridized carbons (Fsp3) is 0.500. The summed E-state index contributed by atoms with van der Waals surface area (Å²) in [7, 11) is 0. The van der Waals surface area contributed by atoms with Crippen LogP contribution in [0.4, 0.5) is 8.78 Å². The summed E-state index contributed by atoms with van der Waals surface area (Å²) in [5.41, 5.74) is 0.844. The predicted octanol–water partition coefficient (Wildman–Crippen LogP) is 7.12. The maximum Gasteiger partial charge on any atom is 0.303 e. The molecule has 1 saturated carbocycles. The Morgan fingerprint density at radius 2 is 1.68 bits per heavy atom. The summed E-state index contributed by atoms with van der Waals surface area (Å²) in [6.45, 7) is 8.64. The molecule has 0 saturated heterocycles. The Morgan fingerprint density at radius 3 is 2.23 bits per heavy atom. The van der Waals surface area contributed by atoms with Gasteiger partial charge in [-0.2, -0.15) is 0 Å². The number of amides is 1. The summed E-state index contributed by atoms with van der Waals surface area (Å²) in [5.74, 6) is -2.47. The van der Waals surface area contributed by atoms with Gasteiger partial charge in [-0.25, -0.2) is 8.78 Å². The fourth-order valence-corrected chi connectivity index (χ4v) is 6.17. The van der Waals surface area contributed by atoms with Crippen molar-refractivity contribution in [2.75, 3.05) is 0 Å². The molecule has 1 amide bonds. The number of aliphatic carboxylic acids is 1. The molecule has 1 aliphatic heterocycles. The number of hydrogen-bond donors (Lipinski definition) is 1. The van der Waals surface area contributed by atoms with Gasteiger partial charge in [0.25, 0.3) is 5.91 Å². The second-order valence-electron chi connectivity index (χ2n) is 11.9. The molecule has 0 radical (unpaired) electrons. The number of ketones is 1. The quantitative estimate of drug-likeness (QED) is 0.318. The number of aliphatic imine (C=N–C) groups is 1. The van der Waals surface area contributed by atoms with Crippen molar-refractivity contribution in [3.8, 4) is 0 Å². The van der Waals surface area contributed by atoms with E-state index in [0.29, 0.717) is 24.3 Å². The Kier molecular flexibility index (Phi) is 8.57. The smallest absolute Gasteiger partial charge is 0.303 e. The average molecular weight is 553 g/mol. The van der Waals surface area contributed by atoms with Crippen LogP contribution in [-0.2, 0) is 9.59 Å². The van der Waals surface area contributed by atoms with Crippen molar-refractivity contribution in [3.05, 3.63) is 70.8 Å². The molecule has 2 aromatic carbocycles. The van der Waals surface area contributed by atoms with E-state index in [9.17, 15) is 23.2 Å². The number of carboxylic acids is 1. The maximum atomic E-state index is 14.1. The van der Waals surface area contributed by atoms with Crippen molar-refractivity contribution >= 4 is 23.4 Å². The third-order valence-corrected chi connectivity index (χ3v) is 9.03. The molecule has 8 heteroatoms. The number of rotatable bonds is 10. The minimum atomic E-state index is -0.934. The summed E-state index contributed by atoms with van der Waals surface area (Å²) in [6.07, 6.45) is 4.47. The number of benzene rings is 2. The summed E-state index contributed by atoms with van der Waals surface area (Å²) >= 11 is 0. The SMILES string of the molecule is CCC(C)(C)C1CCC2(CC1)N=C(c1cc(F)cc(F)c1)C(=O)N2C(C)c1ccc(C(=O)CCCC(=O)O)cc1. The molecule has 1 heterocycles. The standard InChI is InChI=1S/C32H38F2N2O4/c1-5-31(3,4)24-13-15-32(16-14-24)35-29(23-17-25(33)19-26(34)18-23)30(40)36(32)20(2)21-9-11-22(12-10-21)27(37)7-6-8-28(38)39/h9-12,17-20,24H,5-8,13-16H2,1-4H3,(H,38,39). The first-order valence-corrected chi connectivity index (χ1v) is 14.1. The van der Waals surface area contributed by atoms with Crippen LogP contribution < -0.4 is 0 Å². The third-order valence-electron chi connectivity index (χ3n) is 9.03. The lowest BCUT2D eigenvalue weighted by Gasteiger charge is -2.47. The maximum absolute atomic E-state index is 14.1. The number of hydrogen-bond acceptors (Lipinski definition) is 4. The lowest BCUT2D eigenvalue weighted by molar-refractivity contribution is -0.137. The molecule has 1 aliphatic carbocycles. The van der Waals surface area contributed by atoms with Crippen molar-refractivity contribution in [1.82, 2.24) is 4.90 Å². The van der Waals surface area contributed by atoms with E-state index < -0.39 is 29.3 Å². The molecule has 0 aromatic heterocycles. The molecule has 2 aromatic rings. The summed E-state index contributed by atoms with van der Waals surface area (Å²) in [5, 5.41) is 8.82. The van der Waals surface area contributed by atoms with Crippen molar-refractivity contribution in [2.24, 2.45) is 16.3 Å². The minimum absolute atomic E-state index is 0.0617. The highest BCUT2D eigenvalue weighted by atomic mass is 19.1. The molecule has 40 heavy (non-hydrogen) atoms. The van der Waals surface area contributed by atoms with Crippen LogP contribution in [-0.4, -0.2) is 39.0 Å². The highest BCUT2D eigenvalue weighted by Gasteiger charge is 2.52. The van der Waals surface area contributed by atoms with E-state index in [2.05, 4.69) is 20.8 Å². The van der Waals surface area contributed by atoms with Crippen molar-refractivity contribution in [1.29, 1.82) is 0 Å². The fourth-order valence-electron chi connectivity index (χ4n) is 6.17. The van der Waals surface area contributed by atoms with Gasteiger partial charge in [-0.05, 0) is 68.1 Å². The van der Waals surface area contributed by atoms with Crippen LogP contribution in [0.15, 0.2) is 47.5 Å². The van der Waals surface area contributed by atoms with Gasteiger partial charge < -0.3 is 10.0 Å². The van der Waals surface area contributed by atoms with E-state index in [4.69, 9.17) is 10.1 Å². The molecular formula is C32H38F2N2O4. The lowest BCUT2D eigenvalue weighted by atomic mass is 9.67. The van der Waals surface area contributed by atoms with E-state index >= 15 is 0 Å². The van der Waals surface area contributed by atoms with Crippen LogP contribution in [0, 0.1) is 23.0 Å². The van der Waals surface area contributed by atoms with Crippen molar-refractivity contribution in [2.45, 2.75) is 90.8 Å². The Labute approximate surface area is 234 Å². The van der Waals surface area contributed by atoms with Crippen molar-refractivity contribution < 1.29 is 28.3 Å². The Bertz CT molecular complexity index is 1290. The van der Waals surface area contributed by atoms with Crippen LogP contribution in [0.5, 0.6) is 0 Å². The number of carbonyl (C=O) groups excluding carboxylic acids is 2. The first-order valence-electron chi connectivity index (χ1n) is 14.1. The largest absolute Gasteiger partial charge is 0.481 e. The van der Waals surface area contributed by atoms with E-state index in [0.717, 1.165) is 43.0 Å². The van der Waals surface area contributed by atoms with Gasteiger partial charge in [-0.15, -0.1) is 0 Å². The van der Waals surface area contributed by atoms with Crippen LogP contribution >= 0.6 is 0 Å². The highest BCUT2D eigenvalue weighted by Crippen LogP contribution is 2.50. The lowest BCUT2D eigenvalue weighted by Crippen LogP contribution is -2.51. The van der Waals surface area contributed by atoms with Gasteiger partial charge in [-0.1, -0.05) is 51.5 Å². The number of Topliss-reactive ketones (excluding diaryl/α,β-unsaturated/α-hetero) is 1. The summed E-state index contributed by atoms with van der Waals surface area (Å²) in [6, 6.07) is 9.69. The molecular weight excluding hydrogens is 514 g/mol. The normalized spacial score (nSPS) is 21.9. The Balaban J connectivity index is 1.63. The zero-order valence-electron chi connectivity index (χ0n) is 23.7. The van der Waals surface area contributed by atoms with Crippen LogP contribution in [0.25, 0.3) is 0 Å². The second kappa shape index (κ2) is 11.6. The molecule has 0 bridgehead atoms. The van der Waals surface area contributed by atoms with Gasteiger partial charge in [0, 0.05) is 30.0 Å². The molecule has 214 valence electrons. The van der Waals surface area contributed by atoms with Crippen molar-refractivity contribution in [3.63, 3.8) is 0 Å². The number of nitrogens with zero attached hydrogens (tertiary/aromatic N) is 2. The predicted molar refractivity (Wildman–Crippen MR) is 149 cm³/mol. The monoisotopic (exact) mass is 552 g/mol. The molecule has 1 fully saturated rings. The summed E-state index contributed by atoms with van der Waals surface area (Å²) < 4.78 is 28.3. The van der Waals surface area contributed by atoms with Crippen LogP contribution in [0.3, 0.4) is 0 Å². The molecule has 2 aliphatic rings. The third kappa shape index (κ3) is 6.01. The number of carbonyl (C=O) groups is 3. The van der Waals surface area contributed by atoms with Gasteiger partial charge in [-0.3, -0.25) is 19.4 Å².